The Morgan fingerprint density at radius 3 is 3.11 bits per heavy atom. The molecule has 0 amide bonds. The normalized spacial score (nSPS) is 11.0. The van der Waals surface area contributed by atoms with Crippen LogP contribution in [-0.2, 0) is 13.0 Å². The number of hydrogen-bond acceptors (Lipinski definition) is 6. The first-order valence-corrected chi connectivity index (χ1v) is 7.01. The van der Waals surface area contributed by atoms with Gasteiger partial charge in [-0.1, -0.05) is 11.2 Å². The number of aryl methyl sites for hydroxylation is 2. The quantitative estimate of drug-likeness (QED) is 0.749. The average Bonchev–Trinajstić information content (AvgIpc) is 3.08. The lowest BCUT2D eigenvalue weighted by molar-refractivity contribution is 0.368. The molecule has 0 bridgehead atoms. The minimum absolute atomic E-state index is 0.597. The fourth-order valence-electron chi connectivity index (χ4n) is 1.77. The summed E-state index contributed by atoms with van der Waals surface area (Å²) < 4.78 is 7.64. The van der Waals surface area contributed by atoms with Crippen LogP contribution in [0.3, 0.4) is 0 Å². The van der Waals surface area contributed by atoms with Crippen LogP contribution >= 0.6 is 23.6 Å². The van der Waals surface area contributed by atoms with Crippen molar-refractivity contribution >= 4 is 23.6 Å². The van der Waals surface area contributed by atoms with E-state index in [1.165, 1.54) is 0 Å². The van der Waals surface area contributed by atoms with Crippen LogP contribution < -0.4 is 0 Å². The monoisotopic (exact) mass is 293 g/mol. The minimum atomic E-state index is 0.597. The summed E-state index contributed by atoms with van der Waals surface area (Å²) in [4.78, 5) is 5.26. The first-order chi connectivity index (χ1) is 9.24. The van der Waals surface area contributed by atoms with Gasteiger partial charge in [0, 0.05) is 13.0 Å². The third-order valence-electron chi connectivity index (χ3n) is 2.62. The molecule has 0 aromatic carbocycles. The molecule has 3 aromatic rings. The fraction of sp³-hybridized carbons (Fsp3) is 0.273. The van der Waals surface area contributed by atoms with Gasteiger partial charge >= 0.3 is 0 Å². The molecular formula is C11H11N5OS2. The van der Waals surface area contributed by atoms with Crippen molar-refractivity contribution in [3.05, 3.63) is 34.0 Å². The molecule has 0 aliphatic heterocycles. The van der Waals surface area contributed by atoms with Crippen LogP contribution in [0, 0.1) is 11.7 Å². The Morgan fingerprint density at radius 2 is 2.42 bits per heavy atom. The average molecular weight is 293 g/mol. The van der Waals surface area contributed by atoms with E-state index in [1.54, 1.807) is 18.3 Å². The number of thiophene rings is 1. The maximum absolute atomic E-state index is 5.25. The summed E-state index contributed by atoms with van der Waals surface area (Å²) in [6, 6.07) is 4.01. The van der Waals surface area contributed by atoms with Gasteiger partial charge in [-0.3, -0.25) is 9.67 Å². The Kier molecular flexibility index (Phi) is 3.26. The highest BCUT2D eigenvalue weighted by molar-refractivity contribution is 7.71. The van der Waals surface area contributed by atoms with E-state index in [9.17, 15) is 0 Å². The number of hydrogen-bond donors (Lipinski definition) is 1. The van der Waals surface area contributed by atoms with Crippen LogP contribution in [0.5, 0.6) is 0 Å². The largest absolute Gasteiger partial charge is 0.339 e. The molecule has 0 aliphatic carbocycles. The standard InChI is InChI=1S/C11H11N5OS2/c1-7-12-9(17-15-7)4-5-16-10(13-14-11(16)18)8-3-2-6-19-8/h2-3,6H,4-5H2,1H3,(H,14,18). The van der Waals surface area contributed by atoms with Gasteiger partial charge in [-0.05, 0) is 30.6 Å². The first-order valence-electron chi connectivity index (χ1n) is 5.72. The van der Waals surface area contributed by atoms with Gasteiger partial charge in [0.15, 0.2) is 16.4 Å². The zero-order valence-corrected chi connectivity index (χ0v) is 11.8. The Hall–Kier alpha value is -1.80. The van der Waals surface area contributed by atoms with Gasteiger partial charge in [0.05, 0.1) is 4.88 Å². The molecule has 3 heterocycles. The molecule has 8 heteroatoms. The van der Waals surface area contributed by atoms with Gasteiger partial charge in [0.25, 0.3) is 0 Å². The van der Waals surface area contributed by atoms with Crippen LogP contribution in [0.4, 0.5) is 0 Å². The highest BCUT2D eigenvalue weighted by atomic mass is 32.1. The highest BCUT2D eigenvalue weighted by Crippen LogP contribution is 2.22. The SMILES string of the molecule is Cc1noc(CCn2c(-c3cccs3)n[nH]c2=S)n1. The summed E-state index contributed by atoms with van der Waals surface area (Å²) >= 11 is 6.88. The highest BCUT2D eigenvalue weighted by Gasteiger charge is 2.11. The summed E-state index contributed by atoms with van der Waals surface area (Å²) in [7, 11) is 0. The van der Waals surface area contributed by atoms with Gasteiger partial charge in [-0.15, -0.1) is 11.3 Å². The number of H-pyrrole nitrogens is 1. The molecule has 0 radical (unpaired) electrons. The van der Waals surface area contributed by atoms with E-state index in [-0.39, 0.29) is 0 Å². The summed E-state index contributed by atoms with van der Waals surface area (Å²) in [6.45, 7) is 2.46. The third kappa shape index (κ3) is 2.49. The molecule has 0 spiro atoms. The zero-order valence-electron chi connectivity index (χ0n) is 10.2. The lowest BCUT2D eigenvalue weighted by Crippen LogP contribution is -2.03. The molecule has 3 aromatic heterocycles. The number of aromatic amines is 1. The van der Waals surface area contributed by atoms with Crippen molar-refractivity contribution in [3.63, 3.8) is 0 Å². The molecule has 0 atom stereocenters. The second-order valence-electron chi connectivity index (χ2n) is 3.97. The maximum atomic E-state index is 5.25. The van der Waals surface area contributed by atoms with E-state index >= 15 is 0 Å². The van der Waals surface area contributed by atoms with Crippen molar-refractivity contribution in [3.8, 4) is 10.7 Å². The summed E-state index contributed by atoms with van der Waals surface area (Å²) in [5.41, 5.74) is 0. The van der Waals surface area contributed by atoms with Crippen LogP contribution in [0.15, 0.2) is 22.0 Å². The Bertz CT molecular complexity index is 724. The lowest BCUT2D eigenvalue weighted by atomic mass is 10.4. The predicted molar refractivity (Wildman–Crippen MR) is 73.5 cm³/mol. The molecule has 3 rings (SSSR count). The van der Waals surface area contributed by atoms with Crippen molar-refractivity contribution in [1.82, 2.24) is 24.9 Å². The Morgan fingerprint density at radius 1 is 1.53 bits per heavy atom. The van der Waals surface area contributed by atoms with Crippen molar-refractivity contribution in [2.75, 3.05) is 0 Å². The second kappa shape index (κ2) is 5.06. The summed E-state index contributed by atoms with van der Waals surface area (Å²) in [6.07, 6.45) is 0.632. The predicted octanol–water partition coefficient (Wildman–Crippen LogP) is 2.60. The fourth-order valence-corrected chi connectivity index (χ4v) is 2.71. The van der Waals surface area contributed by atoms with Crippen molar-refractivity contribution < 1.29 is 4.52 Å². The topological polar surface area (TPSA) is 72.5 Å². The Balaban J connectivity index is 1.85. The van der Waals surface area contributed by atoms with Crippen molar-refractivity contribution in [2.24, 2.45) is 0 Å². The number of nitrogens with zero attached hydrogens (tertiary/aromatic N) is 4. The van der Waals surface area contributed by atoms with E-state index in [0.717, 1.165) is 10.7 Å². The summed E-state index contributed by atoms with van der Waals surface area (Å²) in [5.74, 6) is 2.10. The van der Waals surface area contributed by atoms with Crippen LogP contribution in [0.25, 0.3) is 10.7 Å². The molecule has 0 aliphatic rings. The van der Waals surface area contributed by atoms with E-state index in [2.05, 4.69) is 20.3 Å². The number of rotatable bonds is 4. The van der Waals surface area contributed by atoms with Gasteiger partial charge in [0.2, 0.25) is 5.89 Å². The molecule has 19 heavy (non-hydrogen) atoms. The van der Waals surface area contributed by atoms with Gasteiger partial charge in [-0.25, -0.2) is 0 Å². The molecule has 0 saturated heterocycles. The molecule has 0 unspecified atom stereocenters. The first kappa shape index (κ1) is 12.2. The van der Waals surface area contributed by atoms with Crippen LogP contribution in [0.1, 0.15) is 11.7 Å². The van der Waals surface area contributed by atoms with Gasteiger partial charge < -0.3 is 4.52 Å². The van der Waals surface area contributed by atoms with E-state index in [0.29, 0.717) is 29.5 Å². The van der Waals surface area contributed by atoms with Crippen molar-refractivity contribution in [2.45, 2.75) is 19.9 Å². The van der Waals surface area contributed by atoms with Crippen LogP contribution in [0.2, 0.25) is 0 Å². The smallest absolute Gasteiger partial charge is 0.228 e. The van der Waals surface area contributed by atoms with E-state index < -0.39 is 0 Å². The maximum Gasteiger partial charge on any atom is 0.228 e. The van der Waals surface area contributed by atoms with Gasteiger partial charge in [0.1, 0.15) is 0 Å². The molecular weight excluding hydrogens is 282 g/mol. The summed E-state index contributed by atoms with van der Waals surface area (Å²) in [5, 5.41) is 12.9. The molecule has 1 N–H and O–H groups in total. The molecule has 6 nitrogen and oxygen atoms in total. The van der Waals surface area contributed by atoms with Gasteiger partial charge in [-0.2, -0.15) is 10.1 Å². The molecule has 0 saturated carbocycles. The minimum Gasteiger partial charge on any atom is -0.339 e. The van der Waals surface area contributed by atoms with Crippen LogP contribution in [-0.4, -0.2) is 24.9 Å². The second-order valence-corrected chi connectivity index (χ2v) is 5.30. The lowest BCUT2D eigenvalue weighted by Gasteiger charge is -2.02. The third-order valence-corrected chi connectivity index (χ3v) is 3.80. The van der Waals surface area contributed by atoms with Crippen molar-refractivity contribution in [1.29, 1.82) is 0 Å². The van der Waals surface area contributed by atoms with E-state index in [1.807, 2.05) is 22.1 Å². The number of nitrogens with one attached hydrogen (secondary N) is 1. The number of aromatic nitrogens is 5. The zero-order chi connectivity index (χ0) is 13.2. The Labute approximate surface area is 118 Å². The molecule has 98 valence electrons. The molecule has 0 fully saturated rings. The van der Waals surface area contributed by atoms with E-state index in [4.69, 9.17) is 16.7 Å².